The molecule has 1 saturated heterocycles. The summed E-state index contributed by atoms with van der Waals surface area (Å²) in [4.78, 5) is 14.0. The van der Waals surface area contributed by atoms with Gasteiger partial charge in [-0.25, -0.2) is 0 Å². The molecule has 0 aliphatic carbocycles. The smallest absolute Gasteiger partial charge is 0.251 e. The van der Waals surface area contributed by atoms with Crippen LogP contribution in [0.2, 0.25) is 0 Å². The van der Waals surface area contributed by atoms with Crippen molar-refractivity contribution in [1.82, 2.24) is 5.32 Å². The van der Waals surface area contributed by atoms with Crippen molar-refractivity contribution in [3.8, 4) is 0 Å². The van der Waals surface area contributed by atoms with Crippen LogP contribution < -0.4 is 16.0 Å². The van der Waals surface area contributed by atoms with E-state index in [1.54, 1.807) is 6.07 Å². The molecule has 2 rings (SSSR count). The van der Waals surface area contributed by atoms with Crippen molar-refractivity contribution in [2.75, 3.05) is 36.9 Å². The van der Waals surface area contributed by atoms with Gasteiger partial charge in [0, 0.05) is 25.2 Å². The molecular weight excluding hydrogens is 254 g/mol. The first-order valence-electron chi connectivity index (χ1n) is 6.99. The fourth-order valence-corrected chi connectivity index (χ4v) is 2.47. The Labute approximate surface area is 120 Å². The predicted molar refractivity (Wildman–Crippen MR) is 81.1 cm³/mol. The van der Waals surface area contributed by atoms with Gasteiger partial charge in [-0.2, -0.15) is 0 Å². The molecular formula is C15H23N3O2. The topological polar surface area (TPSA) is 67.6 Å². The van der Waals surface area contributed by atoms with Crippen LogP contribution in [-0.2, 0) is 4.74 Å². The zero-order valence-electron chi connectivity index (χ0n) is 12.4. The van der Waals surface area contributed by atoms with E-state index >= 15 is 0 Å². The fraction of sp³-hybridized carbons (Fsp3) is 0.533. The van der Waals surface area contributed by atoms with Gasteiger partial charge in [-0.05, 0) is 39.0 Å². The molecule has 0 spiro atoms. The molecule has 0 atom stereocenters. The minimum absolute atomic E-state index is 0.0898. The largest absolute Gasteiger partial charge is 0.397 e. The summed E-state index contributed by atoms with van der Waals surface area (Å²) in [6.07, 6.45) is 0. The van der Waals surface area contributed by atoms with Crippen LogP contribution in [0.3, 0.4) is 0 Å². The number of morpholine rings is 1. The molecule has 0 unspecified atom stereocenters. The quantitative estimate of drug-likeness (QED) is 0.824. The molecule has 1 fully saturated rings. The van der Waals surface area contributed by atoms with Crippen LogP contribution in [0, 0.1) is 0 Å². The number of nitrogen functional groups attached to an aromatic ring is 1. The van der Waals surface area contributed by atoms with Crippen molar-refractivity contribution in [2.24, 2.45) is 0 Å². The summed E-state index contributed by atoms with van der Waals surface area (Å²) >= 11 is 0. The fourth-order valence-electron chi connectivity index (χ4n) is 2.47. The number of carbonyl (C=O) groups is 1. The Balaban J connectivity index is 2.19. The van der Waals surface area contributed by atoms with E-state index in [9.17, 15) is 4.79 Å². The number of benzene rings is 1. The Morgan fingerprint density at radius 3 is 2.85 bits per heavy atom. The second-order valence-electron chi connectivity index (χ2n) is 5.66. The van der Waals surface area contributed by atoms with Gasteiger partial charge in [0.1, 0.15) is 0 Å². The standard InChI is InChI=1S/C15H23N3O2/c1-4-17-14(19)11-5-6-13(12(16)9-11)18-7-8-20-15(2,3)10-18/h5-6,9H,4,7-8,10,16H2,1-3H3,(H,17,19). The maximum absolute atomic E-state index is 11.8. The highest BCUT2D eigenvalue weighted by molar-refractivity contribution is 5.96. The molecule has 3 N–H and O–H groups in total. The van der Waals surface area contributed by atoms with E-state index in [0.29, 0.717) is 24.4 Å². The molecule has 5 heteroatoms. The lowest BCUT2D eigenvalue weighted by Gasteiger charge is -2.39. The molecule has 0 aromatic heterocycles. The summed E-state index contributed by atoms with van der Waals surface area (Å²) in [6.45, 7) is 8.93. The van der Waals surface area contributed by atoms with Gasteiger partial charge in [-0.3, -0.25) is 4.79 Å². The average molecular weight is 277 g/mol. The Morgan fingerprint density at radius 2 is 2.25 bits per heavy atom. The Morgan fingerprint density at radius 1 is 1.50 bits per heavy atom. The van der Waals surface area contributed by atoms with Crippen molar-refractivity contribution in [2.45, 2.75) is 26.4 Å². The van der Waals surface area contributed by atoms with E-state index < -0.39 is 0 Å². The summed E-state index contributed by atoms with van der Waals surface area (Å²) in [6, 6.07) is 5.48. The van der Waals surface area contributed by atoms with Crippen LogP contribution in [0.1, 0.15) is 31.1 Å². The van der Waals surface area contributed by atoms with Crippen molar-refractivity contribution >= 4 is 17.3 Å². The molecule has 110 valence electrons. The number of ether oxygens (including phenoxy) is 1. The number of anilines is 2. The summed E-state index contributed by atoms with van der Waals surface area (Å²) in [7, 11) is 0. The highest BCUT2D eigenvalue weighted by Gasteiger charge is 2.28. The molecule has 5 nitrogen and oxygen atoms in total. The molecule has 20 heavy (non-hydrogen) atoms. The highest BCUT2D eigenvalue weighted by Crippen LogP contribution is 2.28. The summed E-state index contributed by atoms with van der Waals surface area (Å²) in [5.74, 6) is -0.0898. The van der Waals surface area contributed by atoms with Gasteiger partial charge in [0.05, 0.1) is 23.6 Å². The first-order chi connectivity index (χ1) is 9.43. The van der Waals surface area contributed by atoms with E-state index in [4.69, 9.17) is 10.5 Å². The lowest BCUT2D eigenvalue weighted by Crippen LogP contribution is -2.48. The van der Waals surface area contributed by atoms with Gasteiger partial charge in [-0.1, -0.05) is 0 Å². The van der Waals surface area contributed by atoms with Gasteiger partial charge < -0.3 is 20.7 Å². The first-order valence-corrected chi connectivity index (χ1v) is 6.99. The number of nitrogens with two attached hydrogens (primary N) is 1. The number of hydrogen-bond acceptors (Lipinski definition) is 4. The van der Waals surface area contributed by atoms with Gasteiger partial charge in [0.25, 0.3) is 5.91 Å². The monoisotopic (exact) mass is 277 g/mol. The zero-order chi connectivity index (χ0) is 14.8. The molecule has 0 saturated carbocycles. The molecule has 1 aliphatic rings. The van der Waals surface area contributed by atoms with E-state index in [1.165, 1.54) is 0 Å². The number of nitrogens with zero attached hydrogens (tertiary/aromatic N) is 1. The lowest BCUT2D eigenvalue weighted by molar-refractivity contribution is -0.0276. The van der Waals surface area contributed by atoms with Crippen molar-refractivity contribution in [3.63, 3.8) is 0 Å². The first kappa shape index (κ1) is 14.7. The second kappa shape index (κ2) is 5.71. The van der Waals surface area contributed by atoms with Gasteiger partial charge in [0.15, 0.2) is 0 Å². The Bertz CT molecular complexity index is 500. The molecule has 0 bridgehead atoms. The predicted octanol–water partition coefficient (Wildman–Crippen LogP) is 1.63. The summed E-state index contributed by atoms with van der Waals surface area (Å²) in [5.41, 5.74) is 8.13. The Kier molecular flexibility index (Phi) is 4.18. The van der Waals surface area contributed by atoms with E-state index in [0.717, 1.165) is 18.8 Å². The van der Waals surface area contributed by atoms with E-state index in [1.807, 2.05) is 19.1 Å². The Hall–Kier alpha value is -1.75. The van der Waals surface area contributed by atoms with Crippen LogP contribution >= 0.6 is 0 Å². The van der Waals surface area contributed by atoms with Crippen LogP contribution in [0.15, 0.2) is 18.2 Å². The third kappa shape index (κ3) is 3.22. The van der Waals surface area contributed by atoms with Crippen LogP contribution in [0.25, 0.3) is 0 Å². The third-order valence-electron chi connectivity index (χ3n) is 3.39. The maximum Gasteiger partial charge on any atom is 0.251 e. The van der Waals surface area contributed by atoms with Crippen molar-refractivity contribution in [1.29, 1.82) is 0 Å². The SMILES string of the molecule is CCNC(=O)c1ccc(N2CCOC(C)(C)C2)c(N)c1. The van der Waals surface area contributed by atoms with Crippen molar-refractivity contribution in [3.05, 3.63) is 23.8 Å². The van der Waals surface area contributed by atoms with Gasteiger partial charge in [0.2, 0.25) is 0 Å². The van der Waals surface area contributed by atoms with Crippen LogP contribution in [-0.4, -0.2) is 37.7 Å². The number of rotatable bonds is 3. The minimum atomic E-state index is -0.178. The number of carbonyl (C=O) groups excluding carboxylic acids is 1. The van der Waals surface area contributed by atoms with Crippen molar-refractivity contribution < 1.29 is 9.53 Å². The molecule has 1 aliphatic heterocycles. The number of amides is 1. The minimum Gasteiger partial charge on any atom is -0.397 e. The molecule has 1 aromatic carbocycles. The third-order valence-corrected chi connectivity index (χ3v) is 3.39. The van der Waals surface area contributed by atoms with Crippen LogP contribution in [0.4, 0.5) is 11.4 Å². The maximum atomic E-state index is 11.8. The van der Waals surface area contributed by atoms with Gasteiger partial charge >= 0.3 is 0 Å². The zero-order valence-corrected chi connectivity index (χ0v) is 12.4. The highest BCUT2D eigenvalue weighted by atomic mass is 16.5. The summed E-state index contributed by atoms with van der Waals surface area (Å²) in [5, 5.41) is 2.77. The average Bonchev–Trinajstić information content (AvgIpc) is 2.37. The molecule has 1 heterocycles. The second-order valence-corrected chi connectivity index (χ2v) is 5.66. The molecule has 1 aromatic rings. The number of nitrogens with one attached hydrogen (secondary N) is 1. The van der Waals surface area contributed by atoms with E-state index in [2.05, 4.69) is 24.1 Å². The number of hydrogen-bond donors (Lipinski definition) is 2. The van der Waals surface area contributed by atoms with E-state index in [-0.39, 0.29) is 11.5 Å². The van der Waals surface area contributed by atoms with Gasteiger partial charge in [-0.15, -0.1) is 0 Å². The normalized spacial score (nSPS) is 17.9. The molecule has 1 amide bonds. The van der Waals surface area contributed by atoms with Crippen LogP contribution in [0.5, 0.6) is 0 Å². The summed E-state index contributed by atoms with van der Waals surface area (Å²) < 4.78 is 5.70. The lowest BCUT2D eigenvalue weighted by atomic mass is 10.1. The molecule has 0 radical (unpaired) electrons.